The summed E-state index contributed by atoms with van der Waals surface area (Å²) in [5.41, 5.74) is 8.06. The monoisotopic (exact) mass is 428 g/mol. The number of nitrogens with one attached hydrogen (secondary N) is 2. The number of carbonyl (C=O) groups excluding carboxylic acids is 2. The van der Waals surface area contributed by atoms with Crippen LogP contribution in [0.25, 0.3) is 0 Å². The summed E-state index contributed by atoms with van der Waals surface area (Å²) in [5, 5.41) is 6.04. The molecule has 0 bridgehead atoms. The average molecular weight is 429 g/mol. The van der Waals surface area contributed by atoms with Gasteiger partial charge in [0.1, 0.15) is 6.04 Å². The summed E-state index contributed by atoms with van der Waals surface area (Å²) >= 11 is 0. The molecule has 1 saturated carbocycles. The van der Waals surface area contributed by atoms with E-state index in [0.29, 0.717) is 25.7 Å². The number of nitrogens with zero attached hydrogens (tertiary/aromatic N) is 1. The number of nitrogens with two attached hydrogens (primary N) is 1. The molecule has 1 aliphatic carbocycles. The van der Waals surface area contributed by atoms with Crippen molar-refractivity contribution in [2.24, 2.45) is 5.73 Å². The highest BCUT2D eigenvalue weighted by Gasteiger charge is 2.47. The lowest BCUT2D eigenvalue weighted by Gasteiger charge is -2.25. The highest BCUT2D eigenvalue weighted by molar-refractivity contribution is 5.94. The standard InChI is InChI=1S/C26H28N4O2/c27-26(14-15-26)25(32)30-23(17-19-9-3-1-4-10-19)24(31)29-22(20-11-5-2-6-12-20)18-21-13-7-8-16-28-21/h1-13,16,22-23H,14-15,17-18,27H2,(H,29,31)(H,30,32)/t22-,23-/m0/s1. The fraction of sp³-hybridized carbons (Fsp3) is 0.269. The maximum Gasteiger partial charge on any atom is 0.243 e. The Morgan fingerprint density at radius 1 is 0.875 bits per heavy atom. The van der Waals surface area contributed by atoms with E-state index in [1.165, 1.54) is 0 Å². The molecular formula is C26H28N4O2. The zero-order valence-electron chi connectivity index (χ0n) is 17.9. The molecule has 2 amide bonds. The van der Waals surface area contributed by atoms with Crippen LogP contribution in [-0.4, -0.2) is 28.4 Å². The smallest absolute Gasteiger partial charge is 0.243 e. The van der Waals surface area contributed by atoms with Gasteiger partial charge in [-0.1, -0.05) is 66.7 Å². The Kier molecular flexibility index (Phi) is 6.61. The fourth-order valence-electron chi connectivity index (χ4n) is 3.66. The van der Waals surface area contributed by atoms with Crippen molar-refractivity contribution in [3.8, 4) is 0 Å². The fourth-order valence-corrected chi connectivity index (χ4v) is 3.66. The van der Waals surface area contributed by atoms with Crippen molar-refractivity contribution in [3.63, 3.8) is 0 Å². The summed E-state index contributed by atoms with van der Waals surface area (Å²) in [6, 6.07) is 24.2. The van der Waals surface area contributed by atoms with Gasteiger partial charge in [-0.3, -0.25) is 14.6 Å². The van der Waals surface area contributed by atoms with E-state index in [-0.39, 0.29) is 17.9 Å². The summed E-state index contributed by atoms with van der Waals surface area (Å²) in [6.45, 7) is 0. The van der Waals surface area contributed by atoms with Crippen LogP contribution in [0.4, 0.5) is 0 Å². The first kappa shape index (κ1) is 21.7. The van der Waals surface area contributed by atoms with Gasteiger partial charge in [-0.05, 0) is 36.1 Å². The second kappa shape index (κ2) is 9.75. The lowest BCUT2D eigenvalue weighted by atomic mass is 9.99. The molecule has 1 aromatic heterocycles. The quantitative estimate of drug-likeness (QED) is 0.488. The van der Waals surface area contributed by atoms with E-state index in [0.717, 1.165) is 16.8 Å². The van der Waals surface area contributed by atoms with Crippen LogP contribution in [0.1, 0.15) is 35.7 Å². The van der Waals surface area contributed by atoms with Gasteiger partial charge in [0.15, 0.2) is 0 Å². The molecule has 0 saturated heterocycles. The molecule has 0 spiro atoms. The van der Waals surface area contributed by atoms with Crippen LogP contribution >= 0.6 is 0 Å². The first-order valence-corrected chi connectivity index (χ1v) is 10.9. The lowest BCUT2D eigenvalue weighted by molar-refractivity contribution is -0.130. The first-order chi connectivity index (χ1) is 15.5. The molecule has 32 heavy (non-hydrogen) atoms. The van der Waals surface area contributed by atoms with Gasteiger partial charge in [0, 0.05) is 24.7 Å². The van der Waals surface area contributed by atoms with Crippen LogP contribution in [0.5, 0.6) is 0 Å². The van der Waals surface area contributed by atoms with Crippen LogP contribution in [0.15, 0.2) is 85.1 Å². The predicted molar refractivity (Wildman–Crippen MR) is 123 cm³/mol. The zero-order chi connectivity index (χ0) is 22.4. The molecule has 1 fully saturated rings. The summed E-state index contributed by atoms with van der Waals surface area (Å²) in [7, 11) is 0. The molecule has 0 unspecified atom stereocenters. The second-order valence-corrected chi connectivity index (χ2v) is 8.37. The van der Waals surface area contributed by atoms with Crippen molar-refractivity contribution in [1.82, 2.24) is 15.6 Å². The number of carbonyl (C=O) groups is 2. The second-order valence-electron chi connectivity index (χ2n) is 8.37. The lowest BCUT2D eigenvalue weighted by Crippen LogP contribution is -2.54. The summed E-state index contributed by atoms with van der Waals surface area (Å²) in [4.78, 5) is 30.5. The molecule has 164 valence electrons. The molecule has 3 aromatic rings. The molecule has 4 rings (SSSR count). The van der Waals surface area contributed by atoms with Gasteiger partial charge in [0.2, 0.25) is 11.8 Å². The SMILES string of the molecule is NC1(C(=O)N[C@@H](Cc2ccccc2)C(=O)N[C@@H](Cc2ccccn2)c2ccccc2)CC1. The highest BCUT2D eigenvalue weighted by atomic mass is 16.2. The van der Waals surface area contributed by atoms with Crippen molar-refractivity contribution in [2.45, 2.75) is 43.3 Å². The molecule has 4 N–H and O–H groups in total. The maximum absolute atomic E-state index is 13.4. The van der Waals surface area contributed by atoms with E-state index >= 15 is 0 Å². The normalized spacial score (nSPS) is 15.9. The third-order valence-corrected chi connectivity index (χ3v) is 5.80. The first-order valence-electron chi connectivity index (χ1n) is 10.9. The van der Waals surface area contributed by atoms with Crippen molar-refractivity contribution >= 4 is 11.8 Å². The minimum absolute atomic E-state index is 0.240. The highest BCUT2D eigenvalue weighted by Crippen LogP contribution is 2.32. The number of aromatic nitrogens is 1. The van der Waals surface area contributed by atoms with Crippen molar-refractivity contribution < 1.29 is 9.59 Å². The van der Waals surface area contributed by atoms with Crippen LogP contribution in [0.2, 0.25) is 0 Å². The van der Waals surface area contributed by atoms with Gasteiger partial charge in [-0.15, -0.1) is 0 Å². The van der Waals surface area contributed by atoms with Crippen LogP contribution in [0.3, 0.4) is 0 Å². The third kappa shape index (κ3) is 5.59. The summed E-state index contributed by atoms with van der Waals surface area (Å²) in [6.07, 6.45) is 3.96. The van der Waals surface area contributed by atoms with E-state index in [1.54, 1.807) is 6.20 Å². The third-order valence-electron chi connectivity index (χ3n) is 5.80. The zero-order valence-corrected chi connectivity index (χ0v) is 17.9. The van der Waals surface area contributed by atoms with Crippen molar-refractivity contribution in [3.05, 3.63) is 102 Å². The minimum atomic E-state index is -0.845. The van der Waals surface area contributed by atoms with Crippen molar-refractivity contribution in [1.29, 1.82) is 0 Å². The number of hydrogen-bond donors (Lipinski definition) is 3. The minimum Gasteiger partial charge on any atom is -0.347 e. The van der Waals surface area contributed by atoms with E-state index in [1.807, 2.05) is 78.9 Å². The van der Waals surface area contributed by atoms with Crippen LogP contribution < -0.4 is 16.4 Å². The van der Waals surface area contributed by atoms with Gasteiger partial charge in [-0.2, -0.15) is 0 Å². The van der Waals surface area contributed by atoms with E-state index in [4.69, 9.17) is 5.73 Å². The van der Waals surface area contributed by atoms with Crippen LogP contribution in [-0.2, 0) is 22.4 Å². The molecule has 0 radical (unpaired) electrons. The molecular weight excluding hydrogens is 400 g/mol. The van der Waals surface area contributed by atoms with Gasteiger partial charge in [0.25, 0.3) is 0 Å². The molecule has 6 nitrogen and oxygen atoms in total. The Morgan fingerprint density at radius 2 is 1.53 bits per heavy atom. The predicted octanol–water partition coefficient (Wildman–Crippen LogP) is 2.70. The van der Waals surface area contributed by atoms with Gasteiger partial charge >= 0.3 is 0 Å². The Morgan fingerprint density at radius 3 is 2.16 bits per heavy atom. The molecule has 2 atom stereocenters. The largest absolute Gasteiger partial charge is 0.347 e. The summed E-state index contributed by atoms with van der Waals surface area (Å²) in [5.74, 6) is -0.509. The summed E-state index contributed by atoms with van der Waals surface area (Å²) < 4.78 is 0. The Bertz CT molecular complexity index is 1040. The molecule has 0 aliphatic heterocycles. The van der Waals surface area contributed by atoms with Gasteiger partial charge < -0.3 is 16.4 Å². The molecule has 2 aromatic carbocycles. The topological polar surface area (TPSA) is 97.1 Å². The van der Waals surface area contributed by atoms with E-state index in [9.17, 15) is 9.59 Å². The molecule has 1 heterocycles. The number of hydrogen-bond acceptors (Lipinski definition) is 4. The number of benzene rings is 2. The van der Waals surface area contributed by atoms with E-state index in [2.05, 4.69) is 15.6 Å². The van der Waals surface area contributed by atoms with Gasteiger partial charge in [0.05, 0.1) is 11.6 Å². The maximum atomic E-state index is 13.4. The Labute approximate surface area is 188 Å². The van der Waals surface area contributed by atoms with Crippen molar-refractivity contribution in [2.75, 3.05) is 0 Å². The Hall–Kier alpha value is -3.51. The number of amides is 2. The number of pyridine rings is 1. The van der Waals surface area contributed by atoms with Crippen LogP contribution in [0, 0.1) is 0 Å². The molecule has 1 aliphatic rings. The average Bonchev–Trinajstić information content (AvgIpc) is 3.59. The van der Waals surface area contributed by atoms with E-state index < -0.39 is 11.6 Å². The molecule has 6 heteroatoms. The Balaban J connectivity index is 1.54. The number of rotatable bonds is 9. The van der Waals surface area contributed by atoms with Gasteiger partial charge in [-0.25, -0.2) is 0 Å².